The molecule has 2 heteroatoms. The number of hydrogen-bond acceptors (Lipinski definition) is 2. The molecule has 2 nitrogen and oxygen atoms in total. The Balaban J connectivity index is 1.85. The minimum atomic E-state index is 0.174. The van der Waals surface area contributed by atoms with Crippen LogP contribution in [0.2, 0.25) is 0 Å². The van der Waals surface area contributed by atoms with E-state index < -0.39 is 0 Å². The topological polar surface area (TPSA) is 21.3 Å². The first-order chi connectivity index (χ1) is 9.79. The van der Waals surface area contributed by atoms with Crippen molar-refractivity contribution in [2.75, 3.05) is 6.54 Å². The third-order valence-electron chi connectivity index (χ3n) is 3.98. The Bertz CT molecular complexity index is 593. The van der Waals surface area contributed by atoms with Gasteiger partial charge in [0.1, 0.15) is 11.9 Å². The Morgan fingerprint density at radius 3 is 2.65 bits per heavy atom. The molecule has 0 amide bonds. The molecule has 0 spiro atoms. The van der Waals surface area contributed by atoms with Crippen molar-refractivity contribution in [2.24, 2.45) is 0 Å². The second-order valence-electron chi connectivity index (χ2n) is 5.36. The Labute approximate surface area is 120 Å². The van der Waals surface area contributed by atoms with E-state index in [2.05, 4.69) is 55.6 Å². The van der Waals surface area contributed by atoms with Crippen LogP contribution in [0.4, 0.5) is 0 Å². The lowest BCUT2D eigenvalue weighted by molar-refractivity contribution is 0.167. The summed E-state index contributed by atoms with van der Waals surface area (Å²) in [5.41, 5.74) is 3.98. The maximum atomic E-state index is 6.29. The third-order valence-corrected chi connectivity index (χ3v) is 3.98. The van der Waals surface area contributed by atoms with Crippen molar-refractivity contribution >= 4 is 0 Å². The normalized spacial score (nSPS) is 20.7. The van der Waals surface area contributed by atoms with Crippen LogP contribution in [0.15, 0.2) is 48.5 Å². The fourth-order valence-corrected chi connectivity index (χ4v) is 2.98. The average molecular weight is 267 g/mol. The number of benzene rings is 2. The highest BCUT2D eigenvalue weighted by molar-refractivity contribution is 5.38. The highest BCUT2D eigenvalue weighted by Gasteiger charge is 2.33. The number of aryl methyl sites for hydroxylation is 1. The molecule has 2 unspecified atom stereocenters. The van der Waals surface area contributed by atoms with Crippen molar-refractivity contribution in [2.45, 2.75) is 32.4 Å². The van der Waals surface area contributed by atoms with E-state index in [1.807, 2.05) is 12.1 Å². The molecule has 0 heterocycles. The van der Waals surface area contributed by atoms with Gasteiger partial charge in [-0.2, -0.15) is 0 Å². The summed E-state index contributed by atoms with van der Waals surface area (Å²) in [5, 5.41) is 3.57. The molecule has 1 N–H and O–H groups in total. The van der Waals surface area contributed by atoms with E-state index in [0.29, 0.717) is 0 Å². The SMILES string of the molecule is CCNC1c2ccccc2CC1Oc1ccccc1C. The smallest absolute Gasteiger partial charge is 0.122 e. The summed E-state index contributed by atoms with van der Waals surface area (Å²) in [6, 6.07) is 17.2. The predicted octanol–water partition coefficient (Wildman–Crippen LogP) is 3.65. The number of para-hydroxylation sites is 1. The largest absolute Gasteiger partial charge is 0.488 e. The third kappa shape index (κ3) is 2.44. The van der Waals surface area contributed by atoms with Gasteiger partial charge in [0, 0.05) is 6.42 Å². The van der Waals surface area contributed by atoms with Gasteiger partial charge in [0.05, 0.1) is 6.04 Å². The van der Waals surface area contributed by atoms with Crippen LogP contribution in [-0.4, -0.2) is 12.6 Å². The average Bonchev–Trinajstić information content (AvgIpc) is 2.80. The van der Waals surface area contributed by atoms with Gasteiger partial charge in [-0.3, -0.25) is 0 Å². The summed E-state index contributed by atoms with van der Waals surface area (Å²) in [7, 11) is 0. The van der Waals surface area contributed by atoms with Gasteiger partial charge in [-0.25, -0.2) is 0 Å². The van der Waals surface area contributed by atoms with Crippen LogP contribution in [0.25, 0.3) is 0 Å². The molecule has 0 bridgehead atoms. The molecule has 1 aliphatic rings. The molecule has 0 aromatic heterocycles. The highest BCUT2D eigenvalue weighted by Crippen LogP contribution is 2.34. The molecule has 20 heavy (non-hydrogen) atoms. The lowest BCUT2D eigenvalue weighted by Gasteiger charge is -2.23. The van der Waals surface area contributed by atoms with Gasteiger partial charge in [0.15, 0.2) is 0 Å². The molecule has 2 aromatic rings. The van der Waals surface area contributed by atoms with Crippen LogP contribution < -0.4 is 10.1 Å². The number of ether oxygens (including phenoxy) is 1. The van der Waals surface area contributed by atoms with Crippen LogP contribution in [-0.2, 0) is 6.42 Å². The van der Waals surface area contributed by atoms with E-state index in [9.17, 15) is 0 Å². The quantitative estimate of drug-likeness (QED) is 0.913. The maximum absolute atomic E-state index is 6.29. The summed E-state index contributed by atoms with van der Waals surface area (Å²) in [6.45, 7) is 5.19. The van der Waals surface area contributed by atoms with Crippen LogP contribution in [0.5, 0.6) is 5.75 Å². The zero-order chi connectivity index (χ0) is 13.9. The molecular formula is C18H21NO. The summed E-state index contributed by atoms with van der Waals surface area (Å²) < 4.78 is 6.29. The minimum Gasteiger partial charge on any atom is -0.488 e. The molecular weight excluding hydrogens is 246 g/mol. The Morgan fingerprint density at radius 1 is 1.10 bits per heavy atom. The summed E-state index contributed by atoms with van der Waals surface area (Å²) in [4.78, 5) is 0. The molecule has 0 saturated carbocycles. The van der Waals surface area contributed by atoms with Crippen molar-refractivity contribution in [3.63, 3.8) is 0 Å². The summed E-state index contributed by atoms with van der Waals surface area (Å²) in [5.74, 6) is 0.994. The summed E-state index contributed by atoms with van der Waals surface area (Å²) in [6.07, 6.45) is 1.15. The lowest BCUT2D eigenvalue weighted by Crippen LogP contribution is -2.32. The Hall–Kier alpha value is -1.80. The van der Waals surface area contributed by atoms with Gasteiger partial charge in [-0.15, -0.1) is 0 Å². The van der Waals surface area contributed by atoms with Crippen molar-refractivity contribution < 1.29 is 4.74 Å². The monoisotopic (exact) mass is 267 g/mol. The second-order valence-corrected chi connectivity index (χ2v) is 5.36. The number of hydrogen-bond donors (Lipinski definition) is 1. The van der Waals surface area contributed by atoms with Gasteiger partial charge < -0.3 is 10.1 Å². The number of likely N-dealkylation sites (N-methyl/N-ethyl adjacent to an activating group) is 1. The maximum Gasteiger partial charge on any atom is 0.122 e. The highest BCUT2D eigenvalue weighted by atomic mass is 16.5. The van der Waals surface area contributed by atoms with Crippen LogP contribution in [0.3, 0.4) is 0 Å². The van der Waals surface area contributed by atoms with Crippen LogP contribution >= 0.6 is 0 Å². The summed E-state index contributed by atoms with van der Waals surface area (Å²) >= 11 is 0. The zero-order valence-electron chi connectivity index (χ0n) is 12.1. The van der Waals surface area contributed by atoms with Gasteiger partial charge in [-0.1, -0.05) is 49.4 Å². The zero-order valence-corrected chi connectivity index (χ0v) is 12.1. The molecule has 104 valence electrons. The van der Waals surface area contributed by atoms with E-state index in [-0.39, 0.29) is 12.1 Å². The van der Waals surface area contributed by atoms with E-state index in [4.69, 9.17) is 4.74 Å². The van der Waals surface area contributed by atoms with E-state index in [1.165, 1.54) is 16.7 Å². The first kappa shape index (κ1) is 13.2. The van der Waals surface area contributed by atoms with Crippen LogP contribution in [0.1, 0.15) is 29.7 Å². The Morgan fingerprint density at radius 2 is 1.85 bits per heavy atom. The van der Waals surface area contributed by atoms with Crippen molar-refractivity contribution in [1.29, 1.82) is 0 Å². The Kier molecular flexibility index (Phi) is 3.75. The van der Waals surface area contributed by atoms with Gasteiger partial charge in [0.2, 0.25) is 0 Å². The molecule has 3 rings (SSSR count). The number of rotatable bonds is 4. The first-order valence-corrected chi connectivity index (χ1v) is 7.33. The molecule has 0 saturated heterocycles. The standard InChI is InChI=1S/C18H21NO/c1-3-19-18-15-10-6-5-9-14(15)12-17(18)20-16-11-7-4-8-13(16)2/h4-11,17-19H,3,12H2,1-2H3. The van der Waals surface area contributed by atoms with Crippen molar-refractivity contribution in [3.8, 4) is 5.75 Å². The molecule has 2 aromatic carbocycles. The van der Waals surface area contributed by atoms with E-state index in [0.717, 1.165) is 18.7 Å². The van der Waals surface area contributed by atoms with Gasteiger partial charge >= 0.3 is 0 Å². The fourth-order valence-electron chi connectivity index (χ4n) is 2.98. The van der Waals surface area contributed by atoms with E-state index in [1.54, 1.807) is 0 Å². The number of fused-ring (bicyclic) bond motifs is 1. The molecule has 1 aliphatic carbocycles. The van der Waals surface area contributed by atoms with E-state index >= 15 is 0 Å². The molecule has 2 atom stereocenters. The second kappa shape index (κ2) is 5.68. The van der Waals surface area contributed by atoms with Gasteiger partial charge in [0.25, 0.3) is 0 Å². The number of nitrogens with one attached hydrogen (secondary N) is 1. The predicted molar refractivity (Wildman–Crippen MR) is 82.2 cm³/mol. The molecule has 0 fully saturated rings. The minimum absolute atomic E-state index is 0.174. The van der Waals surface area contributed by atoms with Crippen molar-refractivity contribution in [1.82, 2.24) is 5.32 Å². The van der Waals surface area contributed by atoms with Gasteiger partial charge in [-0.05, 0) is 36.2 Å². The fraction of sp³-hybridized carbons (Fsp3) is 0.333. The lowest BCUT2D eigenvalue weighted by atomic mass is 10.1. The molecule has 0 radical (unpaired) electrons. The first-order valence-electron chi connectivity index (χ1n) is 7.33. The van der Waals surface area contributed by atoms with Crippen molar-refractivity contribution in [3.05, 3.63) is 65.2 Å². The van der Waals surface area contributed by atoms with Crippen LogP contribution in [0, 0.1) is 6.92 Å². The molecule has 0 aliphatic heterocycles.